The number of carbonyl (C=O) groups excluding carboxylic acids is 10. The molecule has 4 aliphatic rings. The lowest BCUT2D eigenvalue weighted by molar-refractivity contribution is 0.0690. The maximum absolute atomic E-state index is 14.2. The number of fused-ring (bicyclic) bond motifs is 4. The van der Waals surface area contributed by atoms with Crippen molar-refractivity contribution in [2.45, 2.75) is 20.3 Å². The summed E-state index contributed by atoms with van der Waals surface area (Å²) in [6, 6.07) is 36.1. The van der Waals surface area contributed by atoms with Gasteiger partial charge >= 0.3 is 0 Å². The Bertz CT molecular complexity index is 3670. The van der Waals surface area contributed by atoms with Crippen LogP contribution in [0.2, 0.25) is 0 Å². The van der Waals surface area contributed by atoms with Crippen LogP contribution in [0.1, 0.15) is 137 Å². The van der Waals surface area contributed by atoms with Crippen molar-refractivity contribution in [1.29, 1.82) is 0 Å². The lowest BCUT2D eigenvalue weighted by Crippen LogP contribution is -2.32. The third-order valence-electron chi connectivity index (χ3n) is 13.2. The first-order chi connectivity index (χ1) is 33.6. The van der Waals surface area contributed by atoms with E-state index in [0.29, 0.717) is 17.7 Å². The largest absolute Gasteiger partial charge is 0.289 e. The third-order valence-corrected chi connectivity index (χ3v) is 13.2. The molecule has 338 valence electrons. The van der Waals surface area contributed by atoms with Gasteiger partial charge in [-0.3, -0.25) is 52.8 Å². The van der Waals surface area contributed by atoms with E-state index in [0.717, 1.165) is 36.3 Å². The molecule has 0 atom stereocenters. The summed E-state index contributed by atoms with van der Waals surface area (Å²) in [5.74, 6) is -6.23. The molecule has 0 aromatic heterocycles. The smallest absolute Gasteiger partial charge is 0.266 e. The van der Waals surface area contributed by atoms with Crippen molar-refractivity contribution in [3.05, 3.63) is 229 Å². The molecule has 0 bridgehead atoms. The molecule has 0 N–H and O–H groups in total. The van der Waals surface area contributed by atoms with Crippen LogP contribution >= 0.6 is 0 Å². The van der Waals surface area contributed by atoms with Crippen LogP contribution in [0.3, 0.4) is 0 Å². The SMILES string of the molecule is Cc1ccc(Cc2ccc(N3C(=O)c4ccc(C(=O)c5ccc6c(c5)C(=O)N(c5cc(N7C(=O)c8ccc(C(=O)c9ccc%10c(c9)C(=O)N(C)C%10=O)cc8C7=O)ccc5C)C6=O)cc4C3=O)cc2)cc1. The highest BCUT2D eigenvalue weighted by molar-refractivity contribution is 6.38. The summed E-state index contributed by atoms with van der Waals surface area (Å²) in [5.41, 5.74) is 4.78. The van der Waals surface area contributed by atoms with Crippen LogP contribution < -0.4 is 14.7 Å². The second-order valence-corrected chi connectivity index (χ2v) is 17.5. The van der Waals surface area contributed by atoms with E-state index in [4.69, 9.17) is 0 Å². The molecule has 4 aliphatic heterocycles. The molecule has 70 heavy (non-hydrogen) atoms. The van der Waals surface area contributed by atoms with Crippen LogP contribution in [0, 0.1) is 13.8 Å². The van der Waals surface area contributed by atoms with Crippen molar-refractivity contribution in [1.82, 2.24) is 4.90 Å². The molecule has 14 nitrogen and oxygen atoms in total. The minimum atomic E-state index is -0.764. The molecule has 0 saturated heterocycles. The van der Waals surface area contributed by atoms with Crippen LogP contribution in [0.25, 0.3) is 0 Å². The predicted octanol–water partition coefficient (Wildman–Crippen LogP) is 7.98. The van der Waals surface area contributed by atoms with Crippen molar-refractivity contribution in [3.8, 4) is 0 Å². The first kappa shape index (κ1) is 43.0. The van der Waals surface area contributed by atoms with Gasteiger partial charge in [0.15, 0.2) is 11.6 Å². The van der Waals surface area contributed by atoms with Gasteiger partial charge in [-0.15, -0.1) is 0 Å². The Labute approximate surface area is 398 Å². The number of carbonyl (C=O) groups is 10. The molecule has 4 heterocycles. The van der Waals surface area contributed by atoms with E-state index in [-0.39, 0.29) is 78.1 Å². The van der Waals surface area contributed by atoms with Crippen molar-refractivity contribution >= 4 is 75.9 Å². The standard InChI is InChI=1S/C56H34N4O10/c1-28-4-7-30(8-5-28)22-31-9-16-36(17-10-31)58-51(65)39-19-12-33(24-43(39)54(58)68)48(62)35-14-21-41-45(26-35)56(70)60(53(41)67)46-27-37(15-6-29(46)2)59-52(66)40-20-13-34(25-44(40)55(59)69)47(61)32-11-18-38-42(23-32)50(64)57(3)49(38)63/h4-21,23-27H,22H2,1-3H3. The van der Waals surface area contributed by atoms with Gasteiger partial charge in [0.1, 0.15) is 0 Å². The predicted molar refractivity (Wildman–Crippen MR) is 254 cm³/mol. The zero-order valence-electron chi connectivity index (χ0n) is 37.4. The highest BCUT2D eigenvalue weighted by atomic mass is 16.2. The van der Waals surface area contributed by atoms with Gasteiger partial charge < -0.3 is 0 Å². The van der Waals surface area contributed by atoms with E-state index in [1.807, 2.05) is 43.3 Å². The average Bonchev–Trinajstić information content (AvgIpc) is 3.96. The lowest BCUT2D eigenvalue weighted by atomic mass is 9.96. The Balaban J connectivity index is 0.815. The monoisotopic (exact) mass is 922 g/mol. The number of imide groups is 4. The van der Waals surface area contributed by atoms with Crippen LogP contribution in [0.5, 0.6) is 0 Å². The highest BCUT2D eigenvalue weighted by Crippen LogP contribution is 2.38. The molecule has 7 aromatic rings. The Morgan fingerprint density at radius 1 is 0.357 bits per heavy atom. The number of aryl methyl sites for hydroxylation is 2. The molecule has 0 radical (unpaired) electrons. The molecule has 7 aromatic carbocycles. The number of nitrogens with zero attached hydrogens (tertiary/aromatic N) is 4. The molecule has 0 fully saturated rings. The van der Waals surface area contributed by atoms with Crippen LogP contribution in [-0.4, -0.2) is 70.8 Å². The highest BCUT2D eigenvalue weighted by Gasteiger charge is 2.42. The van der Waals surface area contributed by atoms with Gasteiger partial charge in [0.25, 0.3) is 47.3 Å². The Kier molecular flexibility index (Phi) is 9.70. The molecule has 0 spiro atoms. The maximum atomic E-state index is 14.2. The van der Waals surface area contributed by atoms with Gasteiger partial charge in [-0.05, 0) is 110 Å². The molecule has 0 saturated carbocycles. The summed E-state index contributed by atoms with van der Waals surface area (Å²) in [6.07, 6.45) is 0.671. The van der Waals surface area contributed by atoms with E-state index in [9.17, 15) is 47.9 Å². The fourth-order valence-electron chi connectivity index (χ4n) is 9.35. The van der Waals surface area contributed by atoms with Crippen molar-refractivity contribution in [2.24, 2.45) is 0 Å². The first-order valence-corrected chi connectivity index (χ1v) is 22.0. The number of benzene rings is 7. The number of anilines is 3. The fourth-order valence-corrected chi connectivity index (χ4v) is 9.35. The number of hydrogen-bond donors (Lipinski definition) is 0. The van der Waals surface area contributed by atoms with Gasteiger partial charge in [0.2, 0.25) is 0 Å². The van der Waals surface area contributed by atoms with Crippen molar-refractivity contribution in [2.75, 3.05) is 21.7 Å². The Hall–Kier alpha value is -9.56. The van der Waals surface area contributed by atoms with Gasteiger partial charge in [0.05, 0.1) is 61.6 Å². The minimum Gasteiger partial charge on any atom is -0.289 e. The van der Waals surface area contributed by atoms with Gasteiger partial charge in [-0.25, -0.2) is 14.7 Å². The normalized spacial score (nSPS) is 14.8. The summed E-state index contributed by atoms with van der Waals surface area (Å²) >= 11 is 0. The van der Waals surface area contributed by atoms with Gasteiger partial charge in [0, 0.05) is 29.3 Å². The molecule has 0 unspecified atom stereocenters. The molecule has 14 heteroatoms. The second-order valence-electron chi connectivity index (χ2n) is 17.5. The van der Waals surface area contributed by atoms with Crippen LogP contribution in [0.4, 0.5) is 17.1 Å². The fraction of sp³-hybridized carbons (Fsp3) is 0.0714. The Morgan fingerprint density at radius 2 is 0.700 bits per heavy atom. The number of ketones is 2. The van der Waals surface area contributed by atoms with E-state index in [1.165, 1.54) is 92.0 Å². The number of rotatable bonds is 9. The molecular formula is C56H34N4O10. The maximum Gasteiger partial charge on any atom is 0.266 e. The van der Waals surface area contributed by atoms with Gasteiger partial charge in [-0.2, -0.15) is 0 Å². The Morgan fingerprint density at radius 3 is 1.17 bits per heavy atom. The van der Waals surface area contributed by atoms with E-state index < -0.39 is 58.8 Å². The molecule has 0 aliphatic carbocycles. The zero-order chi connectivity index (χ0) is 49.0. The average molecular weight is 923 g/mol. The van der Waals surface area contributed by atoms with Crippen molar-refractivity contribution in [3.63, 3.8) is 0 Å². The topological polar surface area (TPSA) is 184 Å². The summed E-state index contributed by atoms with van der Waals surface area (Å²) in [6.45, 7) is 3.66. The lowest BCUT2D eigenvalue weighted by Gasteiger charge is -2.20. The number of hydrogen-bond acceptors (Lipinski definition) is 10. The summed E-state index contributed by atoms with van der Waals surface area (Å²) < 4.78 is 0. The van der Waals surface area contributed by atoms with E-state index >= 15 is 0 Å². The first-order valence-electron chi connectivity index (χ1n) is 22.0. The zero-order valence-corrected chi connectivity index (χ0v) is 37.4. The number of amides is 8. The minimum absolute atomic E-state index is 0.00545. The van der Waals surface area contributed by atoms with Gasteiger partial charge in [-0.1, -0.05) is 72.3 Å². The quantitative estimate of drug-likeness (QED) is 0.102. The summed E-state index contributed by atoms with van der Waals surface area (Å²) in [5, 5.41) is 0. The second kappa shape index (κ2) is 15.8. The third kappa shape index (κ3) is 6.56. The molecule has 11 rings (SSSR count). The van der Waals surface area contributed by atoms with E-state index in [1.54, 1.807) is 25.1 Å². The van der Waals surface area contributed by atoms with Crippen LogP contribution in [-0.2, 0) is 6.42 Å². The van der Waals surface area contributed by atoms with Crippen LogP contribution in [0.15, 0.2) is 140 Å². The van der Waals surface area contributed by atoms with E-state index in [2.05, 4.69) is 0 Å². The molecular weight excluding hydrogens is 889 g/mol. The molecule has 8 amide bonds. The van der Waals surface area contributed by atoms with Crippen molar-refractivity contribution < 1.29 is 47.9 Å². The summed E-state index contributed by atoms with van der Waals surface area (Å²) in [4.78, 5) is 140. The summed E-state index contributed by atoms with van der Waals surface area (Å²) in [7, 11) is 1.34.